The third-order valence-electron chi connectivity index (χ3n) is 14.9. The molecule has 0 fully saturated rings. The van der Waals surface area contributed by atoms with Gasteiger partial charge in [0.05, 0.1) is 21.8 Å². The normalized spacial score (nSPS) is 16.2. The number of aliphatic hydroxyl groups is 1. The van der Waals surface area contributed by atoms with Gasteiger partial charge in [0.25, 0.3) is 6.10 Å². The summed E-state index contributed by atoms with van der Waals surface area (Å²) in [5.41, 5.74) is -10.7. The maximum atomic E-state index is 14.0. The summed E-state index contributed by atoms with van der Waals surface area (Å²) in [6.07, 6.45) is -39.9. The molecule has 112 heavy (non-hydrogen) atoms. The lowest BCUT2D eigenvalue weighted by Crippen LogP contribution is -2.53. The summed E-state index contributed by atoms with van der Waals surface area (Å²) < 4.78 is 424. The summed E-state index contributed by atoms with van der Waals surface area (Å²) in [4.78, 5) is 3.17. The van der Waals surface area contributed by atoms with Crippen molar-refractivity contribution in [1.29, 1.82) is 0 Å². The maximum absolute atomic E-state index is 14.0. The maximum Gasteiger partial charge on any atom is 0.432 e. The van der Waals surface area contributed by atoms with Crippen LogP contribution in [0.4, 0.5) is 101 Å². The van der Waals surface area contributed by atoms with Crippen molar-refractivity contribution in [2.75, 3.05) is 74.7 Å². The molecule has 0 bridgehead atoms. The fourth-order valence-electron chi connectivity index (χ4n) is 8.24. The molecule has 6 rings (SSSR count). The molecule has 0 aliphatic carbocycles. The molecule has 19 nitrogen and oxygen atoms in total. The highest BCUT2D eigenvalue weighted by Gasteiger charge is 2.63. The van der Waals surface area contributed by atoms with Crippen molar-refractivity contribution in [2.24, 2.45) is 0 Å². The Balaban J connectivity index is 0.000000413. The van der Waals surface area contributed by atoms with Crippen molar-refractivity contribution >= 4 is 42.0 Å². The minimum Gasteiger partial charge on any atom is -0.743 e. The van der Waals surface area contributed by atoms with Crippen LogP contribution in [0.5, 0.6) is 28.7 Å². The number of halogens is 23. The van der Waals surface area contributed by atoms with E-state index < -0.39 is 183 Å². The molecule has 0 heterocycles. The Labute approximate surface area is 629 Å². The van der Waals surface area contributed by atoms with E-state index in [1.54, 1.807) is 36.4 Å². The van der Waals surface area contributed by atoms with Gasteiger partial charge in [0.2, 0.25) is 6.10 Å². The SMILES string of the molecule is CCOC(C)(COc1ccc([S+](c2ccc(OCC(C)(OCOC)C(F)(F)F)cc2)c2ccc(OC(C(F)(F)F)C(F)(F)S(=O)(=O)[O-])cc2)cc1)C(F)(F)F.COCOC(C)(COc1ccc([S+](c2ccc(F)cc2)c2ccc(OCC(C)(OCOC)C(F)(F)F)cc2)cc1)C(F)(F)F.O=S(=O)([O-])C(F)(F)C(O)C(F)(F)F. The van der Waals surface area contributed by atoms with Gasteiger partial charge in [-0.05, 0) is 180 Å². The zero-order valence-electron chi connectivity index (χ0n) is 58.8. The second-order valence-electron chi connectivity index (χ2n) is 23.6. The fraction of sp³-hybridized carbons (Fsp3) is 0.455. The third kappa shape index (κ3) is 26.2. The minimum atomic E-state index is -6.83. The quantitative estimate of drug-likeness (QED) is 0.0168. The van der Waals surface area contributed by atoms with Gasteiger partial charge >= 0.3 is 47.6 Å². The molecule has 1 N–H and O–H groups in total. The second kappa shape index (κ2) is 38.6. The Bertz CT molecular complexity index is 4030. The molecule has 0 aromatic heterocycles. The van der Waals surface area contributed by atoms with Crippen molar-refractivity contribution in [2.45, 2.75) is 146 Å². The van der Waals surface area contributed by atoms with Gasteiger partial charge in [-0.1, -0.05) is 0 Å². The van der Waals surface area contributed by atoms with Gasteiger partial charge in [-0.2, -0.15) is 96.6 Å². The van der Waals surface area contributed by atoms with Crippen molar-refractivity contribution in [3.63, 3.8) is 0 Å². The van der Waals surface area contributed by atoms with Crippen LogP contribution in [-0.4, -0.2) is 188 Å². The number of alkyl halides is 22. The van der Waals surface area contributed by atoms with Crippen molar-refractivity contribution in [3.05, 3.63) is 151 Å². The average Bonchev–Trinajstić information content (AvgIpc) is 0.772. The first-order chi connectivity index (χ1) is 51.2. The summed E-state index contributed by atoms with van der Waals surface area (Å²) in [5, 5.41) is -3.88. The summed E-state index contributed by atoms with van der Waals surface area (Å²) in [7, 11) is -12.0. The lowest BCUT2D eigenvalue weighted by Gasteiger charge is -2.31. The lowest BCUT2D eigenvalue weighted by molar-refractivity contribution is -0.296. The average molecular weight is 1730 g/mol. The topological polar surface area (TPSA) is 245 Å². The van der Waals surface area contributed by atoms with Crippen LogP contribution in [0.25, 0.3) is 0 Å². The van der Waals surface area contributed by atoms with E-state index in [2.05, 4.69) is 18.9 Å². The van der Waals surface area contributed by atoms with Gasteiger partial charge in [-0.15, -0.1) is 0 Å². The van der Waals surface area contributed by atoms with Gasteiger partial charge in [-0.3, -0.25) is 0 Å². The van der Waals surface area contributed by atoms with Crippen LogP contribution in [0.3, 0.4) is 0 Å². The smallest absolute Gasteiger partial charge is 0.432 e. The molecule has 6 aromatic carbocycles. The highest BCUT2D eigenvalue weighted by molar-refractivity contribution is 7.97. The Morgan fingerprint density at radius 2 is 0.580 bits per heavy atom. The van der Waals surface area contributed by atoms with E-state index in [4.69, 9.17) is 43.0 Å². The number of aliphatic hydroxyl groups excluding tert-OH is 1. The number of ether oxygens (including phenoxy) is 12. The van der Waals surface area contributed by atoms with Crippen LogP contribution in [0.2, 0.25) is 0 Å². The molecular weight excluding hydrogens is 1660 g/mol. The zero-order chi connectivity index (χ0) is 85.4. The Morgan fingerprint density at radius 3 is 0.768 bits per heavy atom. The van der Waals surface area contributed by atoms with Gasteiger partial charge < -0.3 is 71.1 Å². The number of methoxy groups -OCH3 is 3. The number of benzene rings is 6. The van der Waals surface area contributed by atoms with Crippen LogP contribution < -0.4 is 23.7 Å². The highest BCUT2D eigenvalue weighted by atomic mass is 32.2. The van der Waals surface area contributed by atoms with E-state index in [0.717, 1.165) is 59.1 Å². The molecule has 0 amide bonds. The number of hydrogen-bond donors (Lipinski definition) is 1. The van der Waals surface area contributed by atoms with Crippen LogP contribution in [0, 0.1) is 5.82 Å². The molecule has 0 radical (unpaired) electrons. The molecule has 0 aliphatic rings. The molecule has 0 spiro atoms. The predicted molar refractivity (Wildman–Crippen MR) is 345 cm³/mol. The summed E-state index contributed by atoms with van der Waals surface area (Å²) in [6.45, 7) is -1.05. The summed E-state index contributed by atoms with van der Waals surface area (Å²) in [6, 6.07) is 33.2. The second-order valence-corrected chi connectivity index (χ2v) is 30.6. The molecule has 0 aliphatic heterocycles. The Hall–Kier alpha value is -7.09. The van der Waals surface area contributed by atoms with E-state index in [1.807, 2.05) is 0 Å². The van der Waals surface area contributed by atoms with Crippen molar-refractivity contribution < 1.29 is 189 Å². The summed E-state index contributed by atoms with van der Waals surface area (Å²) >= 11 is 0. The van der Waals surface area contributed by atoms with E-state index >= 15 is 0 Å². The minimum absolute atomic E-state index is 0.0224. The molecule has 6 aromatic rings. The highest BCUT2D eigenvalue weighted by Crippen LogP contribution is 2.44. The largest absolute Gasteiger partial charge is 0.743 e. The van der Waals surface area contributed by atoms with E-state index in [0.29, 0.717) is 24.5 Å². The molecular formula is C66H67F23O19S4. The van der Waals surface area contributed by atoms with Crippen LogP contribution in [0.1, 0.15) is 34.6 Å². The van der Waals surface area contributed by atoms with Gasteiger partial charge in [-0.25, -0.2) is 21.2 Å². The Morgan fingerprint density at radius 1 is 0.357 bits per heavy atom. The van der Waals surface area contributed by atoms with E-state index in [-0.39, 0.29) is 34.5 Å². The number of rotatable bonds is 35. The van der Waals surface area contributed by atoms with Crippen molar-refractivity contribution in [1.82, 2.24) is 0 Å². The first-order valence-electron chi connectivity index (χ1n) is 30.9. The predicted octanol–water partition coefficient (Wildman–Crippen LogP) is 15.9. The standard InChI is InChI=1S/C33H33F11O9S2.C30H32F7O6S.C3H3F5O4S/c1-5-51-28(2,32(39,40)41)18-49-21-6-12-24(13-7-21)54(25-14-8-22(9-15-25)50-19-29(3,33(42,43)44)52-20-48-4)26-16-10-23(11-17-26)53-27(30(34,35)36)31(37,38)55(45,46)47;1-27(29(32,33)34,42-19-38-3)17-40-22-7-13-25(14-8-22)44(24-11-5-21(31)6-12-24)26-15-9-23(10-16-26)41-18-28(2,30(35,36)37)43-20-39-4;4-2(5,6)1(9)3(7,8)13(10,11)12/h6-17,27H,5,18-20H2,1-4H3;5-16H,17-20H2,1-4H3;1,9H,(H,10,11,12)/q;+1;/p-1. The first-order valence-corrected chi connectivity index (χ1v) is 36.2. The van der Waals surface area contributed by atoms with E-state index in [1.165, 1.54) is 106 Å². The monoisotopic (exact) mass is 1730 g/mol. The lowest BCUT2D eigenvalue weighted by atomic mass is 10.1. The van der Waals surface area contributed by atoms with Crippen LogP contribution in [0.15, 0.2) is 175 Å². The first kappa shape index (κ1) is 97.3. The zero-order valence-corrected chi connectivity index (χ0v) is 62.1. The molecule has 0 saturated heterocycles. The summed E-state index contributed by atoms with van der Waals surface area (Å²) in [5.74, 6) is -1.12. The number of hydrogen-bond acceptors (Lipinski definition) is 19. The molecule has 7 atom stereocenters. The van der Waals surface area contributed by atoms with Crippen LogP contribution >= 0.6 is 0 Å². The molecule has 46 heteroatoms. The van der Waals surface area contributed by atoms with Gasteiger partial charge in [0.1, 0.15) is 81.4 Å². The third-order valence-corrected chi connectivity index (χ3v) is 21.1. The fourth-order valence-corrected chi connectivity index (χ4v) is 13.2. The van der Waals surface area contributed by atoms with Crippen LogP contribution in [-0.2, 0) is 75.2 Å². The van der Waals surface area contributed by atoms with Crippen molar-refractivity contribution in [3.8, 4) is 28.7 Å². The van der Waals surface area contributed by atoms with E-state index in [9.17, 15) is 127 Å². The van der Waals surface area contributed by atoms with Gasteiger partial charge in [0, 0.05) is 27.9 Å². The molecule has 7 unspecified atom stereocenters. The molecule has 0 saturated carbocycles. The molecule has 630 valence electrons. The Kier molecular flexibility index (Phi) is 33.5. The van der Waals surface area contributed by atoms with Gasteiger partial charge in [0.15, 0.2) is 72.0 Å².